The number of aromatic nitrogens is 4. The Bertz CT molecular complexity index is 573. The topological polar surface area (TPSA) is 81.7 Å². The van der Waals surface area contributed by atoms with E-state index >= 15 is 0 Å². The first-order valence-corrected chi connectivity index (χ1v) is 6.45. The maximum Gasteiger partial charge on any atom is 0.165 e. The van der Waals surface area contributed by atoms with Crippen LogP contribution in [0.5, 0.6) is 0 Å². The number of aryl methyl sites for hydroxylation is 1. The van der Waals surface area contributed by atoms with Crippen LogP contribution in [0.1, 0.15) is 38.1 Å². The summed E-state index contributed by atoms with van der Waals surface area (Å²) < 4.78 is 1.89. The molecule has 0 aliphatic carbocycles. The van der Waals surface area contributed by atoms with Crippen molar-refractivity contribution in [3.63, 3.8) is 0 Å². The number of nitrogen functional groups attached to an aromatic ring is 1. The van der Waals surface area contributed by atoms with Crippen molar-refractivity contribution in [2.24, 2.45) is 5.84 Å². The maximum atomic E-state index is 5.53. The van der Waals surface area contributed by atoms with E-state index in [0.29, 0.717) is 17.7 Å². The second-order valence-electron chi connectivity index (χ2n) is 4.76. The van der Waals surface area contributed by atoms with Crippen LogP contribution in [0.2, 0.25) is 0 Å². The Morgan fingerprint density at radius 3 is 2.63 bits per heavy atom. The van der Waals surface area contributed by atoms with Crippen LogP contribution in [0, 0.1) is 6.92 Å². The number of anilines is 1. The molecular formula is C13H20N6. The molecule has 0 fully saturated rings. The van der Waals surface area contributed by atoms with Gasteiger partial charge in [-0.1, -0.05) is 6.92 Å². The van der Waals surface area contributed by atoms with Gasteiger partial charge in [0.2, 0.25) is 0 Å². The van der Waals surface area contributed by atoms with Crippen molar-refractivity contribution in [1.82, 2.24) is 19.7 Å². The Labute approximate surface area is 113 Å². The summed E-state index contributed by atoms with van der Waals surface area (Å²) in [7, 11) is 0. The highest BCUT2D eigenvalue weighted by Gasteiger charge is 2.12. The van der Waals surface area contributed by atoms with E-state index in [9.17, 15) is 0 Å². The van der Waals surface area contributed by atoms with Crippen molar-refractivity contribution in [2.45, 2.75) is 40.2 Å². The molecule has 0 spiro atoms. The van der Waals surface area contributed by atoms with E-state index in [1.807, 2.05) is 17.8 Å². The van der Waals surface area contributed by atoms with Gasteiger partial charge in [0, 0.05) is 23.5 Å². The summed E-state index contributed by atoms with van der Waals surface area (Å²) in [4.78, 5) is 9.00. The molecular weight excluding hydrogens is 240 g/mol. The molecule has 0 unspecified atom stereocenters. The monoisotopic (exact) mass is 260 g/mol. The van der Waals surface area contributed by atoms with Crippen molar-refractivity contribution in [3.05, 3.63) is 23.7 Å². The zero-order chi connectivity index (χ0) is 14.0. The fourth-order valence-electron chi connectivity index (χ4n) is 2.00. The van der Waals surface area contributed by atoms with Gasteiger partial charge in [-0.15, -0.1) is 0 Å². The van der Waals surface area contributed by atoms with Crippen LogP contribution >= 0.6 is 0 Å². The van der Waals surface area contributed by atoms with Gasteiger partial charge in [-0.2, -0.15) is 5.10 Å². The number of hydrogen-bond acceptors (Lipinski definition) is 5. The van der Waals surface area contributed by atoms with E-state index < -0.39 is 0 Å². The molecule has 0 atom stereocenters. The van der Waals surface area contributed by atoms with Crippen molar-refractivity contribution in [2.75, 3.05) is 5.43 Å². The molecule has 6 heteroatoms. The highest BCUT2D eigenvalue weighted by molar-refractivity contribution is 5.58. The highest BCUT2D eigenvalue weighted by atomic mass is 15.3. The number of rotatable bonds is 4. The van der Waals surface area contributed by atoms with Crippen molar-refractivity contribution < 1.29 is 0 Å². The van der Waals surface area contributed by atoms with Crippen LogP contribution < -0.4 is 11.3 Å². The zero-order valence-electron chi connectivity index (χ0n) is 11.8. The maximum absolute atomic E-state index is 5.53. The Kier molecular flexibility index (Phi) is 3.80. The lowest BCUT2D eigenvalue weighted by atomic mass is 10.1. The fourth-order valence-corrected chi connectivity index (χ4v) is 2.00. The van der Waals surface area contributed by atoms with Crippen LogP contribution in [0.4, 0.5) is 5.82 Å². The van der Waals surface area contributed by atoms with Gasteiger partial charge >= 0.3 is 0 Å². The normalized spacial score (nSPS) is 11.1. The second-order valence-corrected chi connectivity index (χ2v) is 4.76. The van der Waals surface area contributed by atoms with Crippen LogP contribution in [0.25, 0.3) is 11.4 Å². The van der Waals surface area contributed by atoms with Crippen LogP contribution in [-0.4, -0.2) is 19.7 Å². The number of nitrogens with one attached hydrogen (secondary N) is 1. The first kappa shape index (κ1) is 13.5. The average Bonchev–Trinajstić information content (AvgIpc) is 2.87. The van der Waals surface area contributed by atoms with Gasteiger partial charge < -0.3 is 5.43 Å². The lowest BCUT2D eigenvalue weighted by Crippen LogP contribution is -2.13. The Hall–Kier alpha value is -1.95. The summed E-state index contributed by atoms with van der Waals surface area (Å²) in [6.07, 6.45) is 4.57. The number of nitrogens with zero attached hydrogens (tertiary/aromatic N) is 4. The third-order valence-electron chi connectivity index (χ3n) is 3.09. The minimum atomic E-state index is 0.317. The summed E-state index contributed by atoms with van der Waals surface area (Å²) in [5.41, 5.74) is 5.53. The molecule has 2 aromatic rings. The minimum Gasteiger partial charge on any atom is -0.308 e. The molecule has 102 valence electrons. The molecule has 2 rings (SSSR count). The smallest absolute Gasteiger partial charge is 0.165 e. The number of hydrogen-bond donors (Lipinski definition) is 2. The Balaban J connectivity index is 2.47. The lowest BCUT2D eigenvalue weighted by Gasteiger charge is -2.10. The van der Waals surface area contributed by atoms with E-state index in [-0.39, 0.29) is 0 Å². The van der Waals surface area contributed by atoms with E-state index in [2.05, 4.69) is 41.3 Å². The molecule has 0 aliphatic rings. The number of hydrazine groups is 1. The van der Waals surface area contributed by atoms with Crippen LogP contribution in [-0.2, 0) is 6.42 Å². The lowest BCUT2D eigenvalue weighted by molar-refractivity contribution is 0.532. The molecule has 0 saturated heterocycles. The molecule has 0 bridgehead atoms. The van der Waals surface area contributed by atoms with E-state index in [1.165, 1.54) is 0 Å². The quantitative estimate of drug-likeness (QED) is 0.649. The van der Waals surface area contributed by atoms with Crippen molar-refractivity contribution in [3.8, 4) is 11.4 Å². The molecule has 0 radical (unpaired) electrons. The predicted octanol–water partition coefficient (Wildman–Crippen LogP) is 2.08. The van der Waals surface area contributed by atoms with Crippen molar-refractivity contribution >= 4 is 5.82 Å². The number of nitrogens with two attached hydrogens (primary N) is 1. The first-order chi connectivity index (χ1) is 9.06. The largest absolute Gasteiger partial charge is 0.308 e. The van der Waals surface area contributed by atoms with Gasteiger partial charge in [-0.25, -0.2) is 15.8 Å². The summed E-state index contributed by atoms with van der Waals surface area (Å²) in [5, 5.41) is 4.30. The second kappa shape index (κ2) is 5.36. The molecule has 2 heterocycles. The Morgan fingerprint density at radius 1 is 1.37 bits per heavy atom. The molecule has 3 N–H and O–H groups in total. The molecule has 2 aromatic heterocycles. The standard InChI is InChI=1S/C13H20N6/c1-5-11-9(4)16-12(17-13(11)18-14)10-6-15-19(7-10)8(2)3/h6-8H,5,14H2,1-4H3,(H,16,17,18). The zero-order valence-corrected chi connectivity index (χ0v) is 11.8. The Morgan fingerprint density at radius 2 is 2.11 bits per heavy atom. The molecule has 19 heavy (non-hydrogen) atoms. The SMILES string of the molecule is CCc1c(C)nc(-c2cnn(C(C)C)c2)nc1NN. The van der Waals surface area contributed by atoms with Gasteiger partial charge in [0.05, 0.1) is 11.8 Å². The van der Waals surface area contributed by atoms with Gasteiger partial charge in [0.15, 0.2) is 5.82 Å². The van der Waals surface area contributed by atoms with Crippen LogP contribution in [0.15, 0.2) is 12.4 Å². The van der Waals surface area contributed by atoms with E-state index in [1.54, 1.807) is 6.20 Å². The van der Waals surface area contributed by atoms with Gasteiger partial charge in [0.1, 0.15) is 5.82 Å². The summed E-state index contributed by atoms with van der Waals surface area (Å²) >= 11 is 0. The summed E-state index contributed by atoms with van der Waals surface area (Å²) in [6, 6.07) is 0.317. The van der Waals surface area contributed by atoms with Crippen LogP contribution in [0.3, 0.4) is 0 Å². The summed E-state index contributed by atoms with van der Waals surface area (Å²) in [6.45, 7) is 8.19. The van der Waals surface area contributed by atoms with Gasteiger partial charge in [-0.05, 0) is 27.2 Å². The van der Waals surface area contributed by atoms with Crippen molar-refractivity contribution in [1.29, 1.82) is 0 Å². The third-order valence-corrected chi connectivity index (χ3v) is 3.09. The third kappa shape index (κ3) is 2.58. The van der Waals surface area contributed by atoms with Gasteiger partial charge in [-0.3, -0.25) is 4.68 Å². The molecule has 0 aliphatic heterocycles. The minimum absolute atomic E-state index is 0.317. The molecule has 0 aromatic carbocycles. The molecule has 0 amide bonds. The van der Waals surface area contributed by atoms with Gasteiger partial charge in [0.25, 0.3) is 0 Å². The average molecular weight is 260 g/mol. The highest BCUT2D eigenvalue weighted by Crippen LogP contribution is 2.22. The first-order valence-electron chi connectivity index (χ1n) is 6.45. The summed E-state index contributed by atoms with van der Waals surface area (Å²) in [5.74, 6) is 6.86. The molecule has 0 saturated carbocycles. The molecule has 6 nitrogen and oxygen atoms in total. The van der Waals surface area contributed by atoms with E-state index in [0.717, 1.165) is 23.2 Å². The fraction of sp³-hybridized carbons (Fsp3) is 0.462. The predicted molar refractivity (Wildman–Crippen MR) is 75.6 cm³/mol. The van der Waals surface area contributed by atoms with E-state index in [4.69, 9.17) is 5.84 Å².